The summed E-state index contributed by atoms with van der Waals surface area (Å²) in [4.78, 5) is 14.6. The standard InChI is InChI=1S/C18H37N3O.2ClH/c1-5-21(6-2)17(13-15(3)4)14-20-18(22)8-7-16-9-11-19-12-10-16;;/h15-17,19H,5-14H2,1-4H3,(H,20,22);2*1H. The van der Waals surface area contributed by atoms with Crippen molar-refractivity contribution in [3.63, 3.8) is 0 Å². The predicted molar refractivity (Wildman–Crippen MR) is 108 cm³/mol. The van der Waals surface area contributed by atoms with Gasteiger partial charge in [-0.25, -0.2) is 0 Å². The lowest BCUT2D eigenvalue weighted by atomic mass is 9.93. The van der Waals surface area contributed by atoms with Crippen molar-refractivity contribution in [3.8, 4) is 0 Å². The van der Waals surface area contributed by atoms with Crippen LogP contribution in [0.2, 0.25) is 0 Å². The molecule has 0 aromatic heterocycles. The van der Waals surface area contributed by atoms with Crippen LogP contribution in [0.5, 0.6) is 0 Å². The molecular weight excluding hydrogens is 345 g/mol. The summed E-state index contributed by atoms with van der Waals surface area (Å²) in [7, 11) is 0. The van der Waals surface area contributed by atoms with Crippen molar-refractivity contribution in [2.45, 2.75) is 65.8 Å². The molecule has 1 atom stereocenters. The zero-order chi connectivity index (χ0) is 16.4. The lowest BCUT2D eigenvalue weighted by molar-refractivity contribution is -0.121. The summed E-state index contributed by atoms with van der Waals surface area (Å²) < 4.78 is 0. The second-order valence-electron chi connectivity index (χ2n) is 7.04. The van der Waals surface area contributed by atoms with Gasteiger partial charge in [-0.05, 0) is 63.7 Å². The second kappa shape index (κ2) is 15.2. The molecule has 146 valence electrons. The Morgan fingerprint density at radius 3 is 2.25 bits per heavy atom. The lowest BCUT2D eigenvalue weighted by Gasteiger charge is -2.31. The normalized spacial score (nSPS) is 16.4. The fourth-order valence-electron chi connectivity index (χ4n) is 3.47. The van der Waals surface area contributed by atoms with Crippen LogP contribution >= 0.6 is 24.8 Å². The maximum atomic E-state index is 12.1. The van der Waals surface area contributed by atoms with Crippen molar-refractivity contribution in [1.29, 1.82) is 0 Å². The van der Waals surface area contributed by atoms with Crippen molar-refractivity contribution in [1.82, 2.24) is 15.5 Å². The van der Waals surface area contributed by atoms with E-state index >= 15 is 0 Å². The first-order valence-electron chi connectivity index (χ1n) is 9.28. The molecular formula is C18H39Cl2N3O. The Labute approximate surface area is 161 Å². The van der Waals surface area contributed by atoms with Crippen LogP contribution in [0.3, 0.4) is 0 Å². The summed E-state index contributed by atoms with van der Waals surface area (Å²) in [6, 6.07) is 0.470. The van der Waals surface area contributed by atoms with Crippen LogP contribution in [-0.4, -0.2) is 49.6 Å². The Morgan fingerprint density at radius 1 is 1.17 bits per heavy atom. The lowest BCUT2D eigenvalue weighted by Crippen LogP contribution is -2.44. The van der Waals surface area contributed by atoms with Gasteiger partial charge >= 0.3 is 0 Å². The Balaban J connectivity index is 0. The maximum absolute atomic E-state index is 12.1. The van der Waals surface area contributed by atoms with E-state index in [0.29, 0.717) is 18.4 Å². The van der Waals surface area contributed by atoms with E-state index in [-0.39, 0.29) is 30.7 Å². The molecule has 1 fully saturated rings. The summed E-state index contributed by atoms with van der Waals surface area (Å²) in [5.74, 6) is 1.64. The Bertz CT molecular complexity index is 307. The molecule has 1 saturated heterocycles. The van der Waals surface area contributed by atoms with Crippen LogP contribution in [0.25, 0.3) is 0 Å². The Morgan fingerprint density at radius 2 is 1.75 bits per heavy atom. The van der Waals surface area contributed by atoms with Gasteiger partial charge in [-0.2, -0.15) is 0 Å². The molecule has 0 bridgehead atoms. The molecule has 1 heterocycles. The predicted octanol–water partition coefficient (Wildman–Crippen LogP) is 3.48. The molecule has 1 rings (SSSR count). The van der Waals surface area contributed by atoms with Crippen molar-refractivity contribution < 1.29 is 4.79 Å². The van der Waals surface area contributed by atoms with E-state index in [0.717, 1.165) is 51.5 Å². The molecule has 6 heteroatoms. The number of hydrogen-bond acceptors (Lipinski definition) is 3. The number of amides is 1. The fourth-order valence-corrected chi connectivity index (χ4v) is 3.47. The monoisotopic (exact) mass is 383 g/mol. The third-order valence-electron chi connectivity index (χ3n) is 4.85. The molecule has 4 nitrogen and oxygen atoms in total. The fraction of sp³-hybridized carbons (Fsp3) is 0.944. The van der Waals surface area contributed by atoms with Gasteiger partial charge in [0.1, 0.15) is 0 Å². The van der Waals surface area contributed by atoms with Crippen molar-refractivity contribution in [3.05, 3.63) is 0 Å². The molecule has 2 N–H and O–H groups in total. The number of nitrogens with zero attached hydrogens (tertiary/aromatic N) is 1. The van der Waals surface area contributed by atoms with E-state index < -0.39 is 0 Å². The third-order valence-corrected chi connectivity index (χ3v) is 4.85. The zero-order valence-corrected chi connectivity index (χ0v) is 17.6. The summed E-state index contributed by atoms with van der Waals surface area (Å²) in [5.41, 5.74) is 0. The number of piperidine rings is 1. The van der Waals surface area contributed by atoms with Gasteiger partial charge in [-0.1, -0.05) is 27.7 Å². The summed E-state index contributed by atoms with van der Waals surface area (Å²) in [5, 5.41) is 6.56. The van der Waals surface area contributed by atoms with Gasteiger partial charge in [0.25, 0.3) is 0 Å². The van der Waals surface area contributed by atoms with E-state index in [4.69, 9.17) is 0 Å². The van der Waals surface area contributed by atoms with Gasteiger partial charge < -0.3 is 10.6 Å². The largest absolute Gasteiger partial charge is 0.355 e. The van der Waals surface area contributed by atoms with Crippen molar-refractivity contribution >= 4 is 30.7 Å². The first-order chi connectivity index (χ1) is 10.6. The number of halogens is 2. The van der Waals surface area contributed by atoms with Gasteiger partial charge in [0, 0.05) is 19.0 Å². The highest BCUT2D eigenvalue weighted by molar-refractivity contribution is 5.85. The average Bonchev–Trinajstić information content (AvgIpc) is 2.52. The smallest absolute Gasteiger partial charge is 0.220 e. The molecule has 0 spiro atoms. The zero-order valence-electron chi connectivity index (χ0n) is 16.0. The number of hydrogen-bond donors (Lipinski definition) is 2. The molecule has 0 radical (unpaired) electrons. The van der Waals surface area contributed by atoms with Crippen LogP contribution in [0.1, 0.15) is 59.8 Å². The van der Waals surface area contributed by atoms with E-state index in [2.05, 4.69) is 43.2 Å². The van der Waals surface area contributed by atoms with Gasteiger partial charge in [-0.3, -0.25) is 9.69 Å². The second-order valence-corrected chi connectivity index (χ2v) is 7.04. The first kappa shape index (κ1) is 26.2. The van der Waals surface area contributed by atoms with Crippen LogP contribution in [0, 0.1) is 11.8 Å². The minimum absolute atomic E-state index is 0. The first-order valence-corrected chi connectivity index (χ1v) is 9.28. The average molecular weight is 384 g/mol. The van der Waals surface area contributed by atoms with E-state index in [1.807, 2.05) is 0 Å². The SMILES string of the molecule is CCN(CC)C(CNC(=O)CCC1CCNCC1)CC(C)C.Cl.Cl. The van der Waals surface area contributed by atoms with Gasteiger partial charge in [-0.15, -0.1) is 24.8 Å². The highest BCUT2D eigenvalue weighted by atomic mass is 35.5. The molecule has 0 aromatic rings. The van der Waals surface area contributed by atoms with Gasteiger partial charge in [0.05, 0.1) is 0 Å². The summed E-state index contributed by atoms with van der Waals surface area (Å²) >= 11 is 0. The van der Waals surface area contributed by atoms with Gasteiger partial charge in [0.15, 0.2) is 0 Å². The summed E-state index contributed by atoms with van der Waals surface area (Å²) in [6.45, 7) is 14.1. The molecule has 24 heavy (non-hydrogen) atoms. The molecule has 1 aliphatic rings. The van der Waals surface area contributed by atoms with Crippen molar-refractivity contribution in [2.24, 2.45) is 11.8 Å². The molecule has 0 aliphatic carbocycles. The quantitative estimate of drug-likeness (QED) is 0.606. The third kappa shape index (κ3) is 10.8. The minimum Gasteiger partial charge on any atom is -0.355 e. The number of carbonyl (C=O) groups is 1. The van der Waals surface area contributed by atoms with Crippen LogP contribution < -0.4 is 10.6 Å². The maximum Gasteiger partial charge on any atom is 0.220 e. The van der Waals surface area contributed by atoms with Crippen LogP contribution in [0.15, 0.2) is 0 Å². The Kier molecular flexibility index (Phi) is 16.6. The van der Waals surface area contributed by atoms with Crippen molar-refractivity contribution in [2.75, 3.05) is 32.7 Å². The van der Waals surface area contributed by atoms with Gasteiger partial charge in [0.2, 0.25) is 5.91 Å². The number of nitrogens with one attached hydrogen (secondary N) is 2. The molecule has 1 aliphatic heterocycles. The highest BCUT2D eigenvalue weighted by Gasteiger charge is 2.19. The Hall–Kier alpha value is -0.0300. The van der Waals surface area contributed by atoms with Crippen LogP contribution in [0.4, 0.5) is 0 Å². The highest BCUT2D eigenvalue weighted by Crippen LogP contribution is 2.17. The number of likely N-dealkylation sites (N-methyl/N-ethyl adjacent to an activating group) is 1. The molecule has 1 amide bonds. The van der Waals surface area contributed by atoms with E-state index in [1.165, 1.54) is 12.8 Å². The topological polar surface area (TPSA) is 44.4 Å². The number of rotatable bonds is 10. The van der Waals surface area contributed by atoms with E-state index in [1.54, 1.807) is 0 Å². The van der Waals surface area contributed by atoms with Crippen LogP contribution in [-0.2, 0) is 4.79 Å². The summed E-state index contributed by atoms with van der Waals surface area (Å²) in [6.07, 6.45) is 5.34. The number of carbonyl (C=O) groups excluding carboxylic acids is 1. The molecule has 1 unspecified atom stereocenters. The van der Waals surface area contributed by atoms with E-state index in [9.17, 15) is 4.79 Å². The molecule has 0 aromatic carbocycles. The minimum atomic E-state index is 0. The molecule has 0 saturated carbocycles.